The van der Waals surface area contributed by atoms with Gasteiger partial charge in [-0.1, -0.05) is 129 Å². The molecular formula is C25H48. The Morgan fingerprint density at radius 1 is 0.560 bits per heavy atom. The summed E-state index contributed by atoms with van der Waals surface area (Å²) in [7, 11) is 0. The van der Waals surface area contributed by atoms with Crippen LogP contribution in [0.15, 0.2) is 0 Å². The highest BCUT2D eigenvalue weighted by Gasteiger charge is 2.28. The molecule has 4 unspecified atom stereocenters. The largest absolute Gasteiger partial charge is 0.0654 e. The first-order valence-corrected chi connectivity index (χ1v) is 12.3. The number of hydrogen-bond donors (Lipinski definition) is 0. The molecule has 0 aromatic carbocycles. The van der Waals surface area contributed by atoms with E-state index in [2.05, 4.69) is 13.8 Å². The van der Waals surface area contributed by atoms with Crippen LogP contribution in [0.3, 0.4) is 0 Å². The standard InChI is InChI=1S/C25H48/c1-3-15-23-17-10-8-6-4-5-7-9-11-19-24(20-14-18-23)25-21-13-12-16-22(25)2/h22-25H,3-21H2,1-2H3. The van der Waals surface area contributed by atoms with Crippen LogP contribution < -0.4 is 0 Å². The van der Waals surface area contributed by atoms with E-state index in [1.54, 1.807) is 19.3 Å². The third-order valence-corrected chi connectivity index (χ3v) is 7.60. The molecule has 2 fully saturated rings. The maximum Gasteiger partial charge on any atom is -0.0360 e. The van der Waals surface area contributed by atoms with E-state index in [1.165, 1.54) is 103 Å². The summed E-state index contributed by atoms with van der Waals surface area (Å²) in [4.78, 5) is 0. The highest BCUT2D eigenvalue weighted by molar-refractivity contribution is 4.79. The van der Waals surface area contributed by atoms with Crippen molar-refractivity contribution in [3.63, 3.8) is 0 Å². The molecule has 0 nitrogen and oxygen atoms in total. The molecule has 0 bridgehead atoms. The Labute approximate surface area is 159 Å². The summed E-state index contributed by atoms with van der Waals surface area (Å²) >= 11 is 0. The summed E-state index contributed by atoms with van der Waals surface area (Å²) in [5.41, 5.74) is 0. The smallest absolute Gasteiger partial charge is 0.0360 e. The van der Waals surface area contributed by atoms with Crippen LogP contribution in [0, 0.1) is 23.7 Å². The lowest BCUT2D eigenvalue weighted by Gasteiger charge is -2.36. The fourth-order valence-electron chi connectivity index (χ4n) is 6.03. The van der Waals surface area contributed by atoms with Crippen LogP contribution in [0.4, 0.5) is 0 Å². The van der Waals surface area contributed by atoms with Gasteiger partial charge in [0.05, 0.1) is 0 Å². The second kappa shape index (κ2) is 13.2. The summed E-state index contributed by atoms with van der Waals surface area (Å²) in [5.74, 6) is 4.17. The molecule has 2 aliphatic carbocycles. The van der Waals surface area contributed by atoms with E-state index in [9.17, 15) is 0 Å². The second-order valence-corrected chi connectivity index (χ2v) is 9.68. The van der Waals surface area contributed by atoms with Gasteiger partial charge in [0.25, 0.3) is 0 Å². The van der Waals surface area contributed by atoms with E-state index >= 15 is 0 Å². The van der Waals surface area contributed by atoms with Gasteiger partial charge in [0.1, 0.15) is 0 Å². The first-order valence-electron chi connectivity index (χ1n) is 12.3. The van der Waals surface area contributed by atoms with Crippen LogP contribution in [0.5, 0.6) is 0 Å². The predicted octanol–water partition coefficient (Wildman–Crippen LogP) is 8.93. The van der Waals surface area contributed by atoms with E-state index in [1.807, 2.05) is 0 Å². The zero-order chi connectivity index (χ0) is 17.7. The number of rotatable bonds is 3. The van der Waals surface area contributed by atoms with Crippen molar-refractivity contribution in [3.8, 4) is 0 Å². The van der Waals surface area contributed by atoms with Crippen LogP contribution in [0.2, 0.25) is 0 Å². The molecule has 0 radical (unpaired) electrons. The summed E-state index contributed by atoms with van der Waals surface area (Å²) < 4.78 is 0. The summed E-state index contributed by atoms with van der Waals surface area (Å²) in [5, 5.41) is 0. The molecule has 0 aliphatic heterocycles. The van der Waals surface area contributed by atoms with Crippen LogP contribution in [0.1, 0.15) is 136 Å². The van der Waals surface area contributed by atoms with Crippen LogP contribution in [-0.2, 0) is 0 Å². The van der Waals surface area contributed by atoms with Crippen molar-refractivity contribution in [2.75, 3.05) is 0 Å². The summed E-state index contributed by atoms with van der Waals surface area (Å²) in [6.07, 6.45) is 28.7. The van der Waals surface area contributed by atoms with Crippen LogP contribution in [-0.4, -0.2) is 0 Å². The van der Waals surface area contributed by atoms with Gasteiger partial charge in [-0.15, -0.1) is 0 Å². The lowest BCUT2D eigenvalue weighted by Crippen LogP contribution is -2.25. The molecule has 0 heterocycles. The van der Waals surface area contributed by atoms with Crippen LogP contribution in [0.25, 0.3) is 0 Å². The van der Waals surface area contributed by atoms with Crippen molar-refractivity contribution in [1.29, 1.82) is 0 Å². The van der Waals surface area contributed by atoms with Crippen molar-refractivity contribution in [2.24, 2.45) is 23.7 Å². The minimum Gasteiger partial charge on any atom is -0.0654 e. The van der Waals surface area contributed by atoms with Crippen molar-refractivity contribution in [1.82, 2.24) is 0 Å². The second-order valence-electron chi connectivity index (χ2n) is 9.68. The lowest BCUT2D eigenvalue weighted by molar-refractivity contribution is 0.150. The molecular weight excluding hydrogens is 300 g/mol. The van der Waals surface area contributed by atoms with Gasteiger partial charge in [-0.05, 0) is 30.1 Å². The predicted molar refractivity (Wildman–Crippen MR) is 113 cm³/mol. The van der Waals surface area contributed by atoms with E-state index in [-0.39, 0.29) is 0 Å². The van der Waals surface area contributed by atoms with Gasteiger partial charge in [0.2, 0.25) is 0 Å². The Hall–Kier alpha value is 0. The molecule has 0 N–H and O–H groups in total. The van der Waals surface area contributed by atoms with Gasteiger partial charge >= 0.3 is 0 Å². The topological polar surface area (TPSA) is 0 Å². The van der Waals surface area contributed by atoms with Crippen molar-refractivity contribution < 1.29 is 0 Å². The fourth-order valence-corrected chi connectivity index (χ4v) is 6.03. The maximum absolute atomic E-state index is 2.57. The van der Waals surface area contributed by atoms with E-state index in [4.69, 9.17) is 0 Å². The quantitative estimate of drug-likeness (QED) is 0.477. The van der Waals surface area contributed by atoms with Crippen molar-refractivity contribution in [3.05, 3.63) is 0 Å². The third-order valence-electron chi connectivity index (χ3n) is 7.60. The molecule has 2 aliphatic rings. The van der Waals surface area contributed by atoms with Gasteiger partial charge in [0.15, 0.2) is 0 Å². The molecule has 0 aromatic rings. The Morgan fingerprint density at radius 3 is 1.76 bits per heavy atom. The molecule has 0 heteroatoms. The average Bonchev–Trinajstić information content (AvgIpc) is 2.62. The molecule has 2 rings (SSSR count). The monoisotopic (exact) mass is 348 g/mol. The normalized spacial score (nSPS) is 34.8. The highest BCUT2D eigenvalue weighted by Crippen LogP contribution is 2.40. The Balaban J connectivity index is 1.88. The first kappa shape index (κ1) is 21.3. The summed E-state index contributed by atoms with van der Waals surface area (Å²) in [6, 6.07) is 0. The Morgan fingerprint density at radius 2 is 1.08 bits per heavy atom. The molecule has 148 valence electrons. The van der Waals surface area contributed by atoms with E-state index in [0.717, 1.165) is 23.7 Å². The SMILES string of the molecule is CCCC1CCCCCCCCCCC(C2CCCCC2C)CCC1. The van der Waals surface area contributed by atoms with Gasteiger partial charge in [-0.25, -0.2) is 0 Å². The fraction of sp³-hybridized carbons (Fsp3) is 1.00. The molecule has 25 heavy (non-hydrogen) atoms. The highest BCUT2D eigenvalue weighted by atomic mass is 14.3. The van der Waals surface area contributed by atoms with Gasteiger partial charge in [0, 0.05) is 0 Å². The molecule has 0 amide bonds. The molecule has 4 atom stereocenters. The Kier molecular flexibility index (Phi) is 11.3. The zero-order valence-corrected chi connectivity index (χ0v) is 17.7. The van der Waals surface area contributed by atoms with Crippen LogP contribution >= 0.6 is 0 Å². The van der Waals surface area contributed by atoms with Gasteiger partial charge < -0.3 is 0 Å². The third kappa shape index (κ3) is 8.49. The van der Waals surface area contributed by atoms with Crippen molar-refractivity contribution in [2.45, 2.75) is 136 Å². The van der Waals surface area contributed by atoms with E-state index in [0.29, 0.717) is 0 Å². The van der Waals surface area contributed by atoms with Gasteiger partial charge in [-0.3, -0.25) is 0 Å². The number of hydrogen-bond acceptors (Lipinski definition) is 0. The average molecular weight is 349 g/mol. The van der Waals surface area contributed by atoms with Gasteiger partial charge in [-0.2, -0.15) is 0 Å². The lowest BCUT2D eigenvalue weighted by atomic mass is 9.70. The maximum atomic E-state index is 2.57. The Bertz CT molecular complexity index is 307. The zero-order valence-electron chi connectivity index (χ0n) is 17.7. The molecule has 0 spiro atoms. The first-order chi connectivity index (χ1) is 12.3. The minimum absolute atomic E-state index is 1.01. The molecule has 0 saturated heterocycles. The summed E-state index contributed by atoms with van der Waals surface area (Å²) in [6.45, 7) is 4.96. The minimum atomic E-state index is 1.01. The van der Waals surface area contributed by atoms with Crippen molar-refractivity contribution >= 4 is 0 Å². The molecule has 0 aromatic heterocycles. The van der Waals surface area contributed by atoms with E-state index < -0.39 is 0 Å². The molecule has 2 saturated carbocycles.